The maximum atomic E-state index is 12.9. The highest BCUT2D eigenvalue weighted by Crippen LogP contribution is 2.30. The molecule has 0 saturated carbocycles. The van der Waals surface area contributed by atoms with Crippen LogP contribution in [0.4, 0.5) is 13.2 Å². The first-order chi connectivity index (χ1) is 17.8. The van der Waals surface area contributed by atoms with Crippen molar-refractivity contribution in [3.8, 4) is 11.6 Å². The molecule has 0 unspecified atom stereocenters. The van der Waals surface area contributed by atoms with E-state index in [1.807, 2.05) is 30.3 Å². The van der Waals surface area contributed by atoms with Gasteiger partial charge < -0.3 is 10.2 Å². The minimum absolute atomic E-state index is 0.0241. The lowest BCUT2D eigenvalue weighted by molar-refractivity contribution is -0.137. The van der Waals surface area contributed by atoms with Crippen LogP contribution in [-0.2, 0) is 19.0 Å². The SMILES string of the molecule is Oc1ccc(Cc2nc3c(Cc4ccccc4)nc(/C=C/c4ccc(C(F)(F)F)cc4)cn3c2O)cc1. The summed E-state index contributed by atoms with van der Waals surface area (Å²) in [6.45, 7) is 0. The summed E-state index contributed by atoms with van der Waals surface area (Å²) >= 11 is 0. The van der Waals surface area contributed by atoms with Crippen LogP contribution in [0.3, 0.4) is 0 Å². The van der Waals surface area contributed by atoms with E-state index in [0.29, 0.717) is 41.1 Å². The number of hydrogen-bond donors (Lipinski definition) is 2. The van der Waals surface area contributed by atoms with Crippen molar-refractivity contribution >= 4 is 17.8 Å². The van der Waals surface area contributed by atoms with E-state index in [1.54, 1.807) is 47.0 Å². The Labute approximate surface area is 210 Å². The number of hydrogen-bond acceptors (Lipinski definition) is 4. The smallest absolute Gasteiger partial charge is 0.416 e. The van der Waals surface area contributed by atoms with Crippen molar-refractivity contribution in [1.82, 2.24) is 14.4 Å². The molecule has 0 aliphatic carbocycles. The van der Waals surface area contributed by atoms with Crippen molar-refractivity contribution in [3.63, 3.8) is 0 Å². The number of aromatic hydroxyl groups is 2. The molecule has 186 valence electrons. The average Bonchev–Trinajstić information content (AvgIpc) is 3.20. The zero-order valence-electron chi connectivity index (χ0n) is 19.5. The molecule has 0 saturated heterocycles. The Bertz CT molecular complexity index is 1560. The van der Waals surface area contributed by atoms with Crippen molar-refractivity contribution < 1.29 is 23.4 Å². The summed E-state index contributed by atoms with van der Waals surface area (Å²) in [5.74, 6) is 0.130. The third-order valence-corrected chi connectivity index (χ3v) is 5.95. The molecule has 37 heavy (non-hydrogen) atoms. The van der Waals surface area contributed by atoms with E-state index in [2.05, 4.69) is 4.98 Å². The van der Waals surface area contributed by atoms with Crippen LogP contribution in [0, 0.1) is 0 Å². The van der Waals surface area contributed by atoms with Gasteiger partial charge in [0.1, 0.15) is 11.4 Å². The third kappa shape index (κ3) is 5.48. The minimum atomic E-state index is -4.39. The molecule has 8 heteroatoms. The summed E-state index contributed by atoms with van der Waals surface area (Å²) < 4.78 is 40.2. The highest BCUT2D eigenvalue weighted by atomic mass is 19.4. The van der Waals surface area contributed by atoms with Gasteiger partial charge in [0, 0.05) is 19.0 Å². The van der Waals surface area contributed by atoms with Crippen LogP contribution >= 0.6 is 0 Å². The number of benzene rings is 3. The molecule has 0 radical (unpaired) electrons. The topological polar surface area (TPSA) is 70.7 Å². The molecule has 5 rings (SSSR count). The molecular weight excluding hydrogens is 479 g/mol. The predicted octanol–water partition coefficient (Wildman–Crippen LogP) is 6.51. The predicted molar refractivity (Wildman–Crippen MR) is 135 cm³/mol. The number of rotatable bonds is 6. The van der Waals surface area contributed by atoms with Gasteiger partial charge in [-0.15, -0.1) is 0 Å². The van der Waals surface area contributed by atoms with E-state index in [4.69, 9.17) is 4.98 Å². The first-order valence-electron chi connectivity index (χ1n) is 11.5. The van der Waals surface area contributed by atoms with Crippen LogP contribution in [0.25, 0.3) is 17.8 Å². The molecule has 0 bridgehead atoms. The second-order valence-electron chi connectivity index (χ2n) is 8.65. The maximum absolute atomic E-state index is 12.9. The summed E-state index contributed by atoms with van der Waals surface area (Å²) in [6, 6.07) is 21.3. The molecule has 0 spiro atoms. The monoisotopic (exact) mass is 501 g/mol. The van der Waals surface area contributed by atoms with Gasteiger partial charge in [0.05, 0.1) is 17.0 Å². The summed E-state index contributed by atoms with van der Waals surface area (Å²) in [5.41, 5.74) is 3.91. The number of phenols is 1. The molecule has 3 aromatic carbocycles. The lowest BCUT2D eigenvalue weighted by atomic mass is 10.1. The first kappa shape index (κ1) is 24.1. The molecule has 5 nitrogen and oxygen atoms in total. The molecular formula is C29H22F3N3O2. The van der Waals surface area contributed by atoms with E-state index in [-0.39, 0.29) is 11.6 Å². The van der Waals surface area contributed by atoms with Crippen molar-refractivity contribution in [1.29, 1.82) is 0 Å². The summed E-state index contributed by atoms with van der Waals surface area (Å²) in [7, 11) is 0. The Kier molecular flexibility index (Phi) is 6.40. The average molecular weight is 502 g/mol. The number of imidazole rings is 1. The normalized spacial score (nSPS) is 12.0. The molecule has 2 aromatic heterocycles. The minimum Gasteiger partial charge on any atom is -0.508 e. The van der Waals surface area contributed by atoms with Crippen LogP contribution < -0.4 is 0 Å². The quantitative estimate of drug-likeness (QED) is 0.278. The number of alkyl halides is 3. The highest BCUT2D eigenvalue weighted by Gasteiger charge is 2.29. The molecule has 0 fully saturated rings. The van der Waals surface area contributed by atoms with Gasteiger partial charge in [-0.05, 0) is 47.0 Å². The lowest BCUT2D eigenvalue weighted by Gasteiger charge is -2.07. The molecule has 2 heterocycles. The van der Waals surface area contributed by atoms with Crippen molar-refractivity contribution in [3.05, 3.63) is 124 Å². The van der Waals surface area contributed by atoms with E-state index in [0.717, 1.165) is 23.3 Å². The number of phenolic OH excluding ortho intramolecular Hbond substituents is 1. The summed E-state index contributed by atoms with van der Waals surface area (Å²) in [5, 5.41) is 20.6. The molecule has 2 N–H and O–H groups in total. The van der Waals surface area contributed by atoms with E-state index in [1.165, 1.54) is 12.1 Å². The lowest BCUT2D eigenvalue weighted by Crippen LogP contribution is -2.03. The molecule has 0 aliphatic rings. The fourth-order valence-corrected chi connectivity index (χ4v) is 4.04. The van der Waals surface area contributed by atoms with Gasteiger partial charge >= 0.3 is 6.18 Å². The third-order valence-electron chi connectivity index (χ3n) is 5.95. The van der Waals surface area contributed by atoms with Gasteiger partial charge in [0.15, 0.2) is 5.65 Å². The number of fused-ring (bicyclic) bond motifs is 1. The van der Waals surface area contributed by atoms with Crippen molar-refractivity contribution in [2.45, 2.75) is 19.0 Å². The number of nitrogens with zero attached hydrogens (tertiary/aromatic N) is 3. The molecule has 0 aliphatic heterocycles. The van der Waals surface area contributed by atoms with Crippen LogP contribution in [-0.4, -0.2) is 24.6 Å². The first-order valence-corrected chi connectivity index (χ1v) is 11.5. The Balaban J connectivity index is 1.53. The molecule has 5 aromatic rings. The van der Waals surface area contributed by atoms with Gasteiger partial charge in [-0.1, -0.05) is 60.7 Å². The van der Waals surface area contributed by atoms with Crippen LogP contribution in [0.2, 0.25) is 0 Å². The second-order valence-corrected chi connectivity index (χ2v) is 8.65. The molecule has 0 amide bonds. The van der Waals surface area contributed by atoms with Gasteiger partial charge in [-0.2, -0.15) is 13.2 Å². The van der Waals surface area contributed by atoms with Gasteiger partial charge in [0.2, 0.25) is 5.88 Å². The zero-order chi connectivity index (χ0) is 26.0. The Hall–Kier alpha value is -4.59. The Morgan fingerprint density at radius 3 is 2.05 bits per heavy atom. The maximum Gasteiger partial charge on any atom is 0.416 e. The summed E-state index contributed by atoms with van der Waals surface area (Å²) in [6.07, 6.45) is 1.45. The van der Waals surface area contributed by atoms with Crippen LogP contribution in [0.15, 0.2) is 85.1 Å². The standard InChI is InChI=1S/C29H22F3N3O2/c30-29(31,32)22-11-6-19(7-12-22)8-13-23-18-35-27(25(33-23)16-20-4-2-1-3-5-20)34-26(28(35)37)17-21-9-14-24(36)15-10-21/h1-15,18,36-37H,16-17H2/b13-8+. The second kappa shape index (κ2) is 9.81. The molecule has 0 atom stereocenters. The van der Waals surface area contributed by atoms with Crippen molar-refractivity contribution in [2.24, 2.45) is 0 Å². The number of halogens is 3. The fourth-order valence-electron chi connectivity index (χ4n) is 4.04. The highest BCUT2D eigenvalue weighted by molar-refractivity contribution is 5.69. The Morgan fingerprint density at radius 1 is 0.730 bits per heavy atom. The zero-order valence-corrected chi connectivity index (χ0v) is 19.5. The van der Waals surface area contributed by atoms with E-state index < -0.39 is 11.7 Å². The fraction of sp³-hybridized carbons (Fsp3) is 0.103. The van der Waals surface area contributed by atoms with Gasteiger partial charge in [0.25, 0.3) is 0 Å². The largest absolute Gasteiger partial charge is 0.508 e. The van der Waals surface area contributed by atoms with Crippen molar-refractivity contribution in [2.75, 3.05) is 0 Å². The Morgan fingerprint density at radius 2 is 1.38 bits per heavy atom. The van der Waals surface area contributed by atoms with Crippen LogP contribution in [0.5, 0.6) is 11.6 Å². The van der Waals surface area contributed by atoms with Crippen LogP contribution in [0.1, 0.15) is 39.3 Å². The van der Waals surface area contributed by atoms with Gasteiger partial charge in [-0.3, -0.25) is 4.40 Å². The van der Waals surface area contributed by atoms with Gasteiger partial charge in [-0.25, -0.2) is 9.97 Å². The summed E-state index contributed by atoms with van der Waals surface area (Å²) in [4.78, 5) is 9.42. The van der Waals surface area contributed by atoms with E-state index >= 15 is 0 Å². The van der Waals surface area contributed by atoms with E-state index in [9.17, 15) is 23.4 Å². The number of aromatic nitrogens is 3.